The number of rotatable bonds is 9. The molecule has 3 aromatic rings. The van der Waals surface area contributed by atoms with E-state index in [4.69, 9.17) is 9.47 Å². The summed E-state index contributed by atoms with van der Waals surface area (Å²) in [6.07, 6.45) is 0.757. The standard InChI is InChI=1S/C25H30N4O5S/c1-18-13-19(2)29(28-18)17-21-6-3-5-20(14-21)16-26-25(30)9-10-27-35(31,32)22-7-8-23-24(15-22)34-12-4-11-33-23/h3,5-8,13-15,27H,4,9-12,16-17H2,1-2H3,(H,26,30). The second-order valence-electron chi connectivity index (χ2n) is 8.49. The highest BCUT2D eigenvalue weighted by molar-refractivity contribution is 7.89. The molecule has 9 nitrogen and oxygen atoms in total. The molecule has 2 N–H and O–H groups in total. The third-order valence-corrected chi connectivity index (χ3v) is 7.05. The molecule has 10 heteroatoms. The summed E-state index contributed by atoms with van der Waals surface area (Å²) in [5.74, 6) is 0.693. The second-order valence-corrected chi connectivity index (χ2v) is 10.3. The number of nitrogens with zero attached hydrogens (tertiary/aromatic N) is 2. The van der Waals surface area contributed by atoms with Crippen LogP contribution in [0, 0.1) is 13.8 Å². The monoisotopic (exact) mass is 498 g/mol. The topological polar surface area (TPSA) is 112 Å². The summed E-state index contributed by atoms with van der Waals surface area (Å²) in [6, 6.07) is 14.5. The number of hydrogen-bond acceptors (Lipinski definition) is 6. The Bertz CT molecular complexity index is 1300. The van der Waals surface area contributed by atoms with Crippen LogP contribution in [0.15, 0.2) is 53.4 Å². The van der Waals surface area contributed by atoms with E-state index >= 15 is 0 Å². The van der Waals surface area contributed by atoms with E-state index in [-0.39, 0.29) is 23.8 Å². The molecule has 186 valence electrons. The molecule has 4 rings (SSSR count). The maximum absolute atomic E-state index is 12.6. The molecule has 0 spiro atoms. The van der Waals surface area contributed by atoms with Crippen LogP contribution in [-0.4, -0.2) is 43.9 Å². The van der Waals surface area contributed by atoms with Gasteiger partial charge < -0.3 is 14.8 Å². The van der Waals surface area contributed by atoms with E-state index in [1.54, 1.807) is 6.07 Å². The minimum atomic E-state index is -3.78. The van der Waals surface area contributed by atoms with E-state index in [1.807, 2.05) is 48.9 Å². The Morgan fingerprint density at radius 1 is 1.03 bits per heavy atom. The van der Waals surface area contributed by atoms with Gasteiger partial charge in [0.1, 0.15) is 0 Å². The molecule has 0 fully saturated rings. The molecule has 0 saturated carbocycles. The van der Waals surface area contributed by atoms with E-state index in [1.165, 1.54) is 12.1 Å². The summed E-state index contributed by atoms with van der Waals surface area (Å²) >= 11 is 0. The predicted octanol–water partition coefficient (Wildman–Crippen LogP) is 2.69. The first kappa shape index (κ1) is 24.7. The number of carbonyl (C=O) groups is 1. The van der Waals surface area contributed by atoms with Crippen molar-refractivity contribution in [2.45, 2.75) is 44.7 Å². The summed E-state index contributed by atoms with van der Waals surface area (Å²) < 4.78 is 40.8. The third kappa shape index (κ3) is 6.61. The van der Waals surface area contributed by atoms with Gasteiger partial charge in [-0.3, -0.25) is 9.48 Å². The van der Waals surface area contributed by atoms with Gasteiger partial charge in [0.15, 0.2) is 11.5 Å². The number of benzene rings is 2. The Morgan fingerprint density at radius 3 is 2.57 bits per heavy atom. The number of fused-ring (bicyclic) bond motifs is 1. The maximum atomic E-state index is 12.6. The molecule has 2 aromatic carbocycles. The zero-order valence-electron chi connectivity index (χ0n) is 19.9. The number of aromatic nitrogens is 2. The Labute approximate surface area is 205 Å². The summed E-state index contributed by atoms with van der Waals surface area (Å²) in [5.41, 5.74) is 4.12. The molecule has 0 unspecified atom stereocenters. The third-order valence-electron chi connectivity index (χ3n) is 5.59. The zero-order valence-corrected chi connectivity index (χ0v) is 20.7. The lowest BCUT2D eigenvalue weighted by atomic mass is 10.1. The lowest BCUT2D eigenvalue weighted by molar-refractivity contribution is -0.121. The van der Waals surface area contributed by atoms with Gasteiger partial charge in [0.05, 0.1) is 30.3 Å². The highest BCUT2D eigenvalue weighted by atomic mass is 32.2. The van der Waals surface area contributed by atoms with Crippen molar-refractivity contribution in [1.82, 2.24) is 19.8 Å². The van der Waals surface area contributed by atoms with Crippen molar-refractivity contribution >= 4 is 15.9 Å². The Morgan fingerprint density at radius 2 is 1.80 bits per heavy atom. The van der Waals surface area contributed by atoms with E-state index < -0.39 is 10.0 Å². The first-order chi connectivity index (χ1) is 16.8. The number of carbonyl (C=O) groups excluding carboxylic acids is 1. The molecule has 1 amide bonds. The molecule has 0 atom stereocenters. The first-order valence-electron chi connectivity index (χ1n) is 11.5. The van der Waals surface area contributed by atoms with Gasteiger partial charge in [0, 0.05) is 37.7 Å². The molecule has 0 radical (unpaired) electrons. The average Bonchev–Trinajstić information content (AvgIpc) is 3.00. The van der Waals surface area contributed by atoms with Gasteiger partial charge >= 0.3 is 0 Å². The minimum absolute atomic E-state index is 0.0133. The summed E-state index contributed by atoms with van der Waals surface area (Å²) in [4.78, 5) is 12.4. The molecule has 1 aromatic heterocycles. The van der Waals surface area contributed by atoms with Crippen molar-refractivity contribution < 1.29 is 22.7 Å². The Kier molecular flexibility index (Phi) is 7.72. The molecular formula is C25H30N4O5S. The van der Waals surface area contributed by atoms with Crippen LogP contribution >= 0.6 is 0 Å². The molecule has 1 aliphatic rings. The van der Waals surface area contributed by atoms with E-state index in [9.17, 15) is 13.2 Å². The Balaban J connectivity index is 1.26. The predicted molar refractivity (Wildman–Crippen MR) is 131 cm³/mol. The van der Waals surface area contributed by atoms with Crippen molar-refractivity contribution in [2.75, 3.05) is 19.8 Å². The summed E-state index contributed by atoms with van der Waals surface area (Å²) in [7, 11) is -3.78. The second kappa shape index (κ2) is 10.9. The number of aryl methyl sites for hydroxylation is 2. The summed E-state index contributed by atoms with van der Waals surface area (Å²) in [6.45, 7) is 5.98. The molecule has 0 aliphatic carbocycles. The first-order valence-corrected chi connectivity index (χ1v) is 13.0. The van der Waals surface area contributed by atoms with E-state index in [0.29, 0.717) is 37.8 Å². The van der Waals surface area contributed by atoms with Gasteiger partial charge in [0.25, 0.3) is 0 Å². The SMILES string of the molecule is Cc1cc(C)n(Cc2cccc(CNC(=O)CCNS(=O)(=O)c3ccc4c(c3)OCCCO4)c2)n1. The van der Waals surface area contributed by atoms with E-state index in [2.05, 4.69) is 15.1 Å². The smallest absolute Gasteiger partial charge is 0.240 e. The maximum Gasteiger partial charge on any atom is 0.240 e. The fraction of sp³-hybridized carbons (Fsp3) is 0.360. The number of ether oxygens (including phenoxy) is 2. The van der Waals surface area contributed by atoms with Crippen LogP contribution in [0.3, 0.4) is 0 Å². The molecule has 0 bridgehead atoms. The highest BCUT2D eigenvalue weighted by Gasteiger charge is 2.19. The fourth-order valence-corrected chi connectivity index (χ4v) is 4.87. The van der Waals surface area contributed by atoms with Crippen LogP contribution in [0.4, 0.5) is 0 Å². The van der Waals surface area contributed by atoms with Crippen LogP contribution in [0.25, 0.3) is 0 Å². The number of nitrogens with one attached hydrogen (secondary N) is 2. The number of sulfonamides is 1. The lowest BCUT2D eigenvalue weighted by Crippen LogP contribution is -2.30. The van der Waals surface area contributed by atoms with Gasteiger partial charge in [-0.15, -0.1) is 0 Å². The van der Waals surface area contributed by atoms with Gasteiger partial charge in [-0.2, -0.15) is 5.10 Å². The molecule has 1 aliphatic heterocycles. The van der Waals surface area contributed by atoms with Crippen LogP contribution < -0.4 is 19.5 Å². The van der Waals surface area contributed by atoms with Gasteiger partial charge in [-0.05, 0) is 43.2 Å². The van der Waals surface area contributed by atoms with Crippen LogP contribution in [0.1, 0.15) is 35.4 Å². The minimum Gasteiger partial charge on any atom is -0.490 e. The molecule has 2 heterocycles. The highest BCUT2D eigenvalue weighted by Crippen LogP contribution is 2.31. The zero-order chi connectivity index (χ0) is 24.8. The van der Waals surface area contributed by atoms with Crippen LogP contribution in [-0.2, 0) is 27.9 Å². The van der Waals surface area contributed by atoms with Gasteiger partial charge in [0.2, 0.25) is 15.9 Å². The lowest BCUT2D eigenvalue weighted by Gasteiger charge is -2.11. The van der Waals surface area contributed by atoms with Crippen molar-refractivity contribution in [1.29, 1.82) is 0 Å². The molecule has 0 saturated heterocycles. The van der Waals surface area contributed by atoms with Crippen molar-refractivity contribution in [3.63, 3.8) is 0 Å². The summed E-state index contributed by atoms with van der Waals surface area (Å²) in [5, 5.41) is 7.33. The normalized spacial score (nSPS) is 13.3. The van der Waals surface area contributed by atoms with Crippen molar-refractivity contribution in [3.8, 4) is 11.5 Å². The van der Waals surface area contributed by atoms with Crippen molar-refractivity contribution in [2.24, 2.45) is 0 Å². The van der Waals surface area contributed by atoms with Crippen LogP contribution in [0.5, 0.6) is 11.5 Å². The molecule has 35 heavy (non-hydrogen) atoms. The number of hydrogen-bond donors (Lipinski definition) is 2. The quantitative estimate of drug-likeness (QED) is 0.469. The Hall–Kier alpha value is -3.37. The van der Waals surface area contributed by atoms with Crippen LogP contribution in [0.2, 0.25) is 0 Å². The van der Waals surface area contributed by atoms with Crippen molar-refractivity contribution in [3.05, 3.63) is 71.0 Å². The average molecular weight is 499 g/mol. The largest absolute Gasteiger partial charge is 0.490 e. The molecular weight excluding hydrogens is 468 g/mol. The fourth-order valence-electron chi connectivity index (χ4n) is 3.83. The van der Waals surface area contributed by atoms with Gasteiger partial charge in [-0.1, -0.05) is 24.3 Å². The van der Waals surface area contributed by atoms with Gasteiger partial charge in [-0.25, -0.2) is 13.1 Å². The van der Waals surface area contributed by atoms with E-state index in [0.717, 1.165) is 28.9 Å². The number of amides is 1.